The maximum absolute atomic E-state index is 12.8. The van der Waals surface area contributed by atoms with Crippen molar-refractivity contribution in [3.63, 3.8) is 0 Å². The van der Waals surface area contributed by atoms with Crippen LogP contribution in [0.2, 0.25) is 0 Å². The van der Waals surface area contributed by atoms with Gasteiger partial charge in [-0.3, -0.25) is 0 Å². The van der Waals surface area contributed by atoms with Crippen molar-refractivity contribution in [2.75, 3.05) is 6.61 Å². The van der Waals surface area contributed by atoms with Gasteiger partial charge in [0.15, 0.2) is 0 Å². The number of hydrogen-bond donors (Lipinski definition) is 1. The Bertz CT molecular complexity index is 578. The normalized spacial score (nSPS) is 13.2. The lowest BCUT2D eigenvalue weighted by molar-refractivity contribution is -0.139. The van der Waals surface area contributed by atoms with E-state index in [-0.39, 0.29) is 12.4 Å². The van der Waals surface area contributed by atoms with Crippen molar-refractivity contribution >= 4 is 0 Å². The summed E-state index contributed by atoms with van der Waals surface area (Å²) in [5.74, 6) is 0.928. The minimum atomic E-state index is -4.46. The summed E-state index contributed by atoms with van der Waals surface area (Å²) in [5, 5.41) is 0. The summed E-state index contributed by atoms with van der Waals surface area (Å²) in [4.78, 5) is 0. The quantitative estimate of drug-likeness (QED) is 0.932. The zero-order valence-corrected chi connectivity index (χ0v) is 10.8. The molecule has 0 aliphatic rings. The second kappa shape index (κ2) is 5.58. The van der Waals surface area contributed by atoms with E-state index in [1.807, 2.05) is 0 Å². The monoisotopic (exact) mass is 285 g/mol. The summed E-state index contributed by atoms with van der Waals surface area (Å²) in [5.41, 5.74) is 5.00. The van der Waals surface area contributed by atoms with Crippen LogP contribution in [-0.4, -0.2) is 6.61 Å². The maximum atomic E-state index is 12.8. The van der Waals surface area contributed by atoms with Crippen molar-refractivity contribution < 1.29 is 22.3 Å². The molecule has 1 aromatic heterocycles. The summed E-state index contributed by atoms with van der Waals surface area (Å²) in [6.45, 7) is 1.66. The zero-order valence-electron chi connectivity index (χ0n) is 10.8. The fourth-order valence-corrected chi connectivity index (χ4v) is 1.74. The van der Waals surface area contributed by atoms with E-state index < -0.39 is 17.8 Å². The van der Waals surface area contributed by atoms with Crippen LogP contribution in [0, 0.1) is 6.92 Å². The number of nitrogens with two attached hydrogens (primary N) is 1. The number of benzene rings is 1. The number of furan rings is 1. The maximum Gasteiger partial charge on any atom is 0.419 e. The second-order valence-electron chi connectivity index (χ2n) is 4.36. The minimum Gasteiger partial charge on any atom is -0.491 e. The number of alkyl halides is 3. The van der Waals surface area contributed by atoms with E-state index in [0.717, 1.165) is 6.07 Å². The van der Waals surface area contributed by atoms with Gasteiger partial charge >= 0.3 is 6.18 Å². The molecule has 0 aliphatic heterocycles. The Morgan fingerprint density at radius 1 is 1.20 bits per heavy atom. The lowest BCUT2D eigenvalue weighted by Gasteiger charge is -2.15. The zero-order chi connectivity index (χ0) is 14.8. The number of hydrogen-bond acceptors (Lipinski definition) is 3. The molecular formula is C14H14F3NO2. The highest BCUT2D eigenvalue weighted by Gasteiger charge is 2.34. The number of para-hydroxylation sites is 1. The Hall–Kier alpha value is -1.95. The third-order valence-corrected chi connectivity index (χ3v) is 2.74. The van der Waals surface area contributed by atoms with Gasteiger partial charge in [-0.05, 0) is 31.2 Å². The highest BCUT2D eigenvalue weighted by atomic mass is 19.4. The topological polar surface area (TPSA) is 48.4 Å². The van der Waals surface area contributed by atoms with E-state index in [1.165, 1.54) is 18.2 Å². The Morgan fingerprint density at radius 2 is 1.90 bits per heavy atom. The first kappa shape index (κ1) is 14.5. The number of halogens is 3. The molecule has 0 radical (unpaired) electrons. The molecule has 0 bridgehead atoms. The van der Waals surface area contributed by atoms with E-state index in [2.05, 4.69) is 0 Å². The van der Waals surface area contributed by atoms with E-state index in [4.69, 9.17) is 14.9 Å². The summed E-state index contributed by atoms with van der Waals surface area (Å²) >= 11 is 0. The molecule has 0 amide bonds. The Morgan fingerprint density at radius 3 is 2.50 bits per heavy atom. The van der Waals surface area contributed by atoms with E-state index in [9.17, 15) is 13.2 Å². The fraction of sp³-hybridized carbons (Fsp3) is 0.286. The van der Waals surface area contributed by atoms with Gasteiger partial charge in [0.2, 0.25) is 0 Å². The van der Waals surface area contributed by atoms with Gasteiger partial charge in [-0.1, -0.05) is 12.1 Å². The Balaban J connectivity index is 2.08. The predicted molar refractivity (Wildman–Crippen MR) is 67.3 cm³/mol. The first-order valence-corrected chi connectivity index (χ1v) is 5.99. The van der Waals surface area contributed by atoms with Crippen LogP contribution in [0.25, 0.3) is 0 Å². The highest BCUT2D eigenvalue weighted by molar-refractivity contribution is 5.35. The standard InChI is InChI=1S/C14H14F3NO2/c1-9-6-7-13(20-9)11(18)8-19-12-5-3-2-4-10(12)14(15,16)17/h2-7,11H,8,18H2,1H3. The molecule has 1 heterocycles. The van der Waals surface area contributed by atoms with Gasteiger partial charge in [0.25, 0.3) is 0 Å². The van der Waals surface area contributed by atoms with Crippen LogP contribution in [0.15, 0.2) is 40.8 Å². The van der Waals surface area contributed by atoms with Crippen LogP contribution in [0.4, 0.5) is 13.2 Å². The molecule has 1 atom stereocenters. The van der Waals surface area contributed by atoms with Gasteiger partial charge < -0.3 is 14.9 Å². The lowest BCUT2D eigenvalue weighted by atomic mass is 10.2. The fourth-order valence-electron chi connectivity index (χ4n) is 1.74. The third kappa shape index (κ3) is 3.33. The predicted octanol–water partition coefficient (Wildman–Crippen LogP) is 3.69. The van der Waals surface area contributed by atoms with E-state index >= 15 is 0 Å². The van der Waals surface area contributed by atoms with Gasteiger partial charge in [0, 0.05) is 0 Å². The Kier molecular flexibility index (Phi) is 4.04. The molecule has 2 aromatic rings. The molecule has 0 aliphatic carbocycles. The van der Waals surface area contributed by atoms with Gasteiger partial charge in [0.05, 0.1) is 11.6 Å². The van der Waals surface area contributed by atoms with Crippen molar-refractivity contribution in [2.45, 2.75) is 19.1 Å². The molecule has 2 rings (SSSR count). The van der Waals surface area contributed by atoms with Crippen LogP contribution in [0.1, 0.15) is 23.1 Å². The molecule has 6 heteroatoms. The first-order valence-electron chi connectivity index (χ1n) is 5.99. The number of ether oxygens (including phenoxy) is 1. The summed E-state index contributed by atoms with van der Waals surface area (Å²) in [6, 6.07) is 7.82. The van der Waals surface area contributed by atoms with Gasteiger partial charge in [0.1, 0.15) is 23.9 Å². The molecule has 0 saturated carbocycles. The van der Waals surface area contributed by atoms with Crippen LogP contribution in [0.3, 0.4) is 0 Å². The van der Waals surface area contributed by atoms with Crippen molar-refractivity contribution in [2.24, 2.45) is 5.73 Å². The first-order chi connectivity index (χ1) is 9.38. The lowest BCUT2D eigenvalue weighted by Crippen LogP contribution is -2.19. The third-order valence-electron chi connectivity index (χ3n) is 2.74. The van der Waals surface area contributed by atoms with Crippen molar-refractivity contribution in [3.8, 4) is 5.75 Å². The molecular weight excluding hydrogens is 271 g/mol. The highest BCUT2D eigenvalue weighted by Crippen LogP contribution is 2.36. The molecule has 0 fully saturated rings. The van der Waals surface area contributed by atoms with E-state index in [1.54, 1.807) is 19.1 Å². The molecule has 0 saturated heterocycles. The summed E-state index contributed by atoms with van der Waals surface area (Å²) < 4.78 is 48.8. The molecule has 1 unspecified atom stereocenters. The van der Waals surface area contributed by atoms with Gasteiger partial charge in [-0.25, -0.2) is 0 Å². The number of aryl methyl sites for hydroxylation is 1. The molecule has 108 valence electrons. The Labute approximate surface area is 114 Å². The smallest absolute Gasteiger partial charge is 0.419 e. The van der Waals surface area contributed by atoms with Gasteiger partial charge in [-0.2, -0.15) is 13.2 Å². The number of rotatable bonds is 4. The van der Waals surface area contributed by atoms with Crippen molar-refractivity contribution in [1.29, 1.82) is 0 Å². The second-order valence-corrected chi connectivity index (χ2v) is 4.36. The largest absolute Gasteiger partial charge is 0.491 e. The van der Waals surface area contributed by atoms with Crippen molar-refractivity contribution in [3.05, 3.63) is 53.5 Å². The van der Waals surface area contributed by atoms with Crippen LogP contribution < -0.4 is 10.5 Å². The van der Waals surface area contributed by atoms with Crippen LogP contribution in [0.5, 0.6) is 5.75 Å². The SMILES string of the molecule is Cc1ccc(C(N)COc2ccccc2C(F)(F)F)o1. The summed E-state index contributed by atoms with van der Waals surface area (Å²) in [6.07, 6.45) is -4.46. The average Bonchev–Trinajstić information content (AvgIpc) is 2.82. The summed E-state index contributed by atoms with van der Waals surface area (Å²) in [7, 11) is 0. The van der Waals surface area contributed by atoms with Crippen LogP contribution in [-0.2, 0) is 6.18 Å². The molecule has 3 nitrogen and oxygen atoms in total. The van der Waals surface area contributed by atoms with Crippen LogP contribution >= 0.6 is 0 Å². The molecule has 1 aromatic carbocycles. The van der Waals surface area contributed by atoms with Crippen molar-refractivity contribution in [1.82, 2.24) is 0 Å². The van der Waals surface area contributed by atoms with Gasteiger partial charge in [-0.15, -0.1) is 0 Å². The molecule has 0 spiro atoms. The average molecular weight is 285 g/mol. The minimum absolute atomic E-state index is 0.0972. The molecule has 2 N–H and O–H groups in total. The molecule has 20 heavy (non-hydrogen) atoms. The van der Waals surface area contributed by atoms with E-state index in [0.29, 0.717) is 11.5 Å².